The van der Waals surface area contributed by atoms with Gasteiger partial charge in [0.15, 0.2) is 0 Å². The lowest BCUT2D eigenvalue weighted by Crippen LogP contribution is -2.52. The van der Waals surface area contributed by atoms with Crippen LogP contribution < -0.4 is 10.6 Å². The van der Waals surface area contributed by atoms with Crippen molar-refractivity contribution in [2.75, 3.05) is 18.9 Å². The number of benzene rings is 1. The zero-order chi connectivity index (χ0) is 14.0. The van der Waals surface area contributed by atoms with Crippen molar-refractivity contribution >= 4 is 17.8 Å². The van der Waals surface area contributed by atoms with E-state index >= 15 is 0 Å². The summed E-state index contributed by atoms with van der Waals surface area (Å²) < 4.78 is -1.03. The summed E-state index contributed by atoms with van der Waals surface area (Å²) in [6, 6.07) is 7.11. The molecule has 1 aromatic carbocycles. The molecule has 5 heteroatoms. The lowest BCUT2D eigenvalue weighted by Gasteiger charge is -2.38. The molecule has 1 aliphatic heterocycles. The molecule has 5 nitrogen and oxygen atoms in total. The Bertz CT molecular complexity index is 521. The number of hydroxylamine groups is 3. The molecular formula is C14H19N3O2. The number of likely N-dealkylation sites (N-methyl/N-ethyl adjacent to an activating group) is 1. The van der Waals surface area contributed by atoms with Crippen LogP contribution in [0, 0.1) is 5.21 Å². The monoisotopic (exact) mass is 261 g/mol. The number of urea groups is 1. The zero-order valence-corrected chi connectivity index (χ0v) is 11.4. The van der Waals surface area contributed by atoms with E-state index < -0.39 is 10.7 Å². The van der Waals surface area contributed by atoms with Crippen LogP contribution in [0.2, 0.25) is 0 Å². The van der Waals surface area contributed by atoms with Crippen molar-refractivity contribution < 1.29 is 9.44 Å². The van der Waals surface area contributed by atoms with Gasteiger partial charge in [-0.25, -0.2) is 9.44 Å². The van der Waals surface area contributed by atoms with Gasteiger partial charge in [0.05, 0.1) is 13.6 Å². The highest BCUT2D eigenvalue weighted by Crippen LogP contribution is 2.27. The number of nitrogens with zero attached hydrogens (tertiary/aromatic N) is 1. The number of fused-ring (bicyclic) bond motifs is 1. The summed E-state index contributed by atoms with van der Waals surface area (Å²) in [5.41, 5.74) is 2.41. The molecule has 0 aliphatic carbocycles. The minimum atomic E-state index is -1.03. The number of rotatable bonds is 2. The van der Waals surface area contributed by atoms with E-state index in [9.17, 15) is 10.0 Å². The van der Waals surface area contributed by atoms with Crippen LogP contribution in [-0.4, -0.2) is 30.3 Å². The maximum Gasteiger partial charge on any atom is 0.421 e. The molecule has 1 aromatic rings. The van der Waals surface area contributed by atoms with Gasteiger partial charge in [0, 0.05) is 23.4 Å². The van der Waals surface area contributed by atoms with Gasteiger partial charge in [0.1, 0.15) is 5.70 Å². The van der Waals surface area contributed by atoms with Crippen molar-refractivity contribution in [3.63, 3.8) is 0 Å². The summed E-state index contributed by atoms with van der Waals surface area (Å²) in [6.45, 7) is 4.05. The number of carbonyl (C=O) groups excluding carboxylic acids is 1. The number of para-hydroxylation sites is 1. The number of carbonyl (C=O) groups is 1. The first-order valence-corrected chi connectivity index (χ1v) is 6.34. The first kappa shape index (κ1) is 13.6. The molecule has 0 bridgehead atoms. The predicted molar refractivity (Wildman–Crippen MR) is 76.1 cm³/mol. The van der Waals surface area contributed by atoms with E-state index in [1.165, 1.54) is 7.05 Å². The first-order chi connectivity index (χ1) is 8.91. The van der Waals surface area contributed by atoms with Gasteiger partial charge in [-0.15, -0.1) is 0 Å². The Kier molecular flexibility index (Phi) is 3.59. The van der Waals surface area contributed by atoms with Crippen LogP contribution in [0.1, 0.15) is 19.4 Å². The molecule has 2 rings (SSSR count). The van der Waals surface area contributed by atoms with Gasteiger partial charge in [0.25, 0.3) is 0 Å². The molecular weight excluding hydrogens is 242 g/mol. The third kappa shape index (κ3) is 2.77. The molecule has 1 heterocycles. The summed E-state index contributed by atoms with van der Waals surface area (Å²) in [5, 5.41) is 18.3. The van der Waals surface area contributed by atoms with Gasteiger partial charge in [-0.1, -0.05) is 18.2 Å². The average Bonchev–Trinajstić information content (AvgIpc) is 2.37. The van der Waals surface area contributed by atoms with Crippen molar-refractivity contribution in [1.29, 1.82) is 0 Å². The molecule has 1 atom stereocenters. The van der Waals surface area contributed by atoms with E-state index in [2.05, 4.69) is 10.6 Å². The highest BCUT2D eigenvalue weighted by atomic mass is 16.6. The van der Waals surface area contributed by atoms with Crippen LogP contribution >= 0.6 is 0 Å². The van der Waals surface area contributed by atoms with Gasteiger partial charge in [0.2, 0.25) is 0 Å². The molecule has 1 unspecified atom stereocenters. The van der Waals surface area contributed by atoms with E-state index in [1.807, 2.05) is 38.1 Å². The second-order valence-electron chi connectivity index (χ2n) is 5.10. The lowest BCUT2D eigenvalue weighted by atomic mass is 10.1. The largest absolute Gasteiger partial charge is 0.619 e. The van der Waals surface area contributed by atoms with Crippen LogP contribution in [0.5, 0.6) is 0 Å². The Morgan fingerprint density at radius 2 is 2.11 bits per heavy atom. The van der Waals surface area contributed by atoms with Gasteiger partial charge < -0.3 is 15.8 Å². The first-order valence-electron chi connectivity index (χ1n) is 6.34. The molecule has 1 aliphatic rings. The van der Waals surface area contributed by atoms with Gasteiger partial charge in [-0.2, -0.15) is 0 Å². The quantitative estimate of drug-likeness (QED) is 0.635. The van der Waals surface area contributed by atoms with Gasteiger partial charge in [-0.3, -0.25) is 0 Å². The highest BCUT2D eigenvalue weighted by molar-refractivity contribution is 5.75. The summed E-state index contributed by atoms with van der Waals surface area (Å²) in [5.74, 6) is 0. The van der Waals surface area contributed by atoms with Crippen molar-refractivity contribution in [3.05, 3.63) is 40.7 Å². The Labute approximate surface area is 113 Å². The molecule has 2 N–H and O–H groups in total. The number of anilines is 1. The summed E-state index contributed by atoms with van der Waals surface area (Å²) in [4.78, 5) is 12.0. The zero-order valence-electron chi connectivity index (χ0n) is 11.4. The van der Waals surface area contributed by atoms with Crippen molar-refractivity contribution in [1.82, 2.24) is 5.32 Å². The maximum atomic E-state index is 12.5. The molecule has 0 spiro atoms. The highest BCUT2D eigenvalue weighted by Gasteiger charge is 2.30. The fourth-order valence-corrected chi connectivity index (χ4v) is 1.97. The Morgan fingerprint density at radius 3 is 2.79 bits per heavy atom. The summed E-state index contributed by atoms with van der Waals surface area (Å²) >= 11 is 0. The maximum absolute atomic E-state index is 12.5. The number of quaternary nitrogens is 1. The number of amides is 2. The van der Waals surface area contributed by atoms with E-state index in [0.717, 1.165) is 11.3 Å². The summed E-state index contributed by atoms with van der Waals surface area (Å²) in [7, 11) is 1.36. The van der Waals surface area contributed by atoms with Crippen LogP contribution in [0.4, 0.5) is 10.5 Å². The van der Waals surface area contributed by atoms with Gasteiger partial charge >= 0.3 is 6.03 Å². The molecule has 0 radical (unpaired) electrons. The number of hydrogen-bond acceptors (Lipinski definition) is 3. The average molecular weight is 261 g/mol. The smallest absolute Gasteiger partial charge is 0.421 e. The minimum Gasteiger partial charge on any atom is -0.619 e. The minimum absolute atomic E-state index is 0.0525. The topological polar surface area (TPSA) is 64.2 Å². The summed E-state index contributed by atoms with van der Waals surface area (Å²) in [6.07, 6.45) is 1.79. The third-order valence-electron chi connectivity index (χ3n) is 3.09. The van der Waals surface area contributed by atoms with Gasteiger partial charge in [-0.05, 0) is 19.9 Å². The predicted octanol–water partition coefficient (Wildman–Crippen LogP) is 2.52. The second kappa shape index (κ2) is 5.03. The number of hydrogen-bond donors (Lipinski definition) is 2. The fraction of sp³-hybridized carbons (Fsp3) is 0.357. The molecule has 19 heavy (non-hydrogen) atoms. The lowest BCUT2D eigenvalue weighted by molar-refractivity contribution is -0.734. The van der Waals surface area contributed by atoms with Crippen LogP contribution in [0.3, 0.4) is 0 Å². The SMILES string of the molecule is CC(C)NC(=O)[N+](C)([O-])C1=Cc2ccccc2NC1. The van der Waals surface area contributed by atoms with E-state index in [4.69, 9.17) is 0 Å². The van der Waals surface area contributed by atoms with E-state index in [-0.39, 0.29) is 6.04 Å². The molecule has 2 amide bonds. The Balaban J connectivity index is 2.27. The normalized spacial score (nSPS) is 17.0. The van der Waals surface area contributed by atoms with Crippen molar-refractivity contribution in [2.24, 2.45) is 0 Å². The van der Waals surface area contributed by atoms with Crippen molar-refractivity contribution in [2.45, 2.75) is 19.9 Å². The standard InChI is InChI=1S/C14H19N3O2/c1-10(2)16-14(18)17(3,19)12-8-11-6-4-5-7-13(11)15-9-12/h4-8,10,15H,9H2,1-3H3,(H,16,18). The van der Waals surface area contributed by atoms with Crippen molar-refractivity contribution in [3.8, 4) is 0 Å². The fourth-order valence-electron chi connectivity index (χ4n) is 1.97. The van der Waals surface area contributed by atoms with E-state index in [0.29, 0.717) is 12.2 Å². The van der Waals surface area contributed by atoms with Crippen LogP contribution in [-0.2, 0) is 0 Å². The molecule has 0 saturated heterocycles. The number of nitrogens with one attached hydrogen (secondary N) is 2. The third-order valence-corrected chi connectivity index (χ3v) is 3.09. The van der Waals surface area contributed by atoms with E-state index in [1.54, 1.807) is 6.08 Å². The second-order valence-corrected chi connectivity index (χ2v) is 5.10. The Morgan fingerprint density at radius 1 is 1.42 bits per heavy atom. The van der Waals surface area contributed by atoms with Crippen LogP contribution in [0.25, 0.3) is 6.08 Å². The molecule has 0 fully saturated rings. The molecule has 102 valence electrons. The Hall–Kier alpha value is -1.85. The molecule has 0 saturated carbocycles. The molecule has 0 aromatic heterocycles. The van der Waals surface area contributed by atoms with Crippen LogP contribution in [0.15, 0.2) is 30.0 Å².